The van der Waals surface area contributed by atoms with Gasteiger partial charge in [-0.25, -0.2) is 4.98 Å². The average Bonchev–Trinajstić information content (AvgIpc) is 3.66. The molecule has 7 heteroatoms. The fraction of sp³-hybridized carbons (Fsp3) is 0.300. The normalized spacial score (nSPS) is 16.6. The van der Waals surface area contributed by atoms with E-state index in [9.17, 15) is 9.59 Å². The van der Waals surface area contributed by atoms with E-state index in [1.54, 1.807) is 6.07 Å². The molecule has 190 valence electrons. The van der Waals surface area contributed by atoms with Crippen molar-refractivity contribution in [2.24, 2.45) is 11.7 Å². The molecule has 1 saturated carbocycles. The number of carbonyl (C=O) groups excluding carboxylic acids is 1. The SMILES string of the molecule is Cc1ccc(C(=O)N(CCCN)CC2CC2c2nc3cc(Cl)cc(Cc4ccccc4)c3[nH]c2=O)cc1. The molecule has 3 N–H and O–H groups in total. The molecular weight excluding hydrogens is 484 g/mol. The third-order valence-corrected chi connectivity index (χ3v) is 7.28. The lowest BCUT2D eigenvalue weighted by molar-refractivity contribution is 0.0746. The number of benzene rings is 3. The van der Waals surface area contributed by atoms with Gasteiger partial charge in [-0.05, 0) is 74.0 Å². The van der Waals surface area contributed by atoms with Crippen molar-refractivity contribution in [3.8, 4) is 0 Å². The Morgan fingerprint density at radius 1 is 1.14 bits per heavy atom. The number of rotatable bonds is 9. The highest BCUT2D eigenvalue weighted by atomic mass is 35.5. The van der Waals surface area contributed by atoms with Gasteiger partial charge in [0.25, 0.3) is 11.5 Å². The molecule has 2 atom stereocenters. The van der Waals surface area contributed by atoms with Gasteiger partial charge in [0.1, 0.15) is 5.69 Å². The molecule has 0 spiro atoms. The van der Waals surface area contributed by atoms with Crippen molar-refractivity contribution in [3.05, 3.63) is 110 Å². The predicted octanol–water partition coefficient (Wildman–Crippen LogP) is 5.07. The quantitative estimate of drug-likeness (QED) is 0.326. The molecule has 4 aromatic rings. The highest BCUT2D eigenvalue weighted by Gasteiger charge is 2.43. The highest BCUT2D eigenvalue weighted by molar-refractivity contribution is 6.31. The topological polar surface area (TPSA) is 92.1 Å². The van der Waals surface area contributed by atoms with Crippen LogP contribution in [0, 0.1) is 12.8 Å². The second-order valence-corrected chi connectivity index (χ2v) is 10.4. The third kappa shape index (κ3) is 5.76. The monoisotopic (exact) mass is 514 g/mol. The third-order valence-electron chi connectivity index (χ3n) is 7.06. The first kappa shape index (κ1) is 25.2. The maximum Gasteiger partial charge on any atom is 0.270 e. The van der Waals surface area contributed by atoms with Crippen LogP contribution in [0.5, 0.6) is 0 Å². The first-order chi connectivity index (χ1) is 17.9. The van der Waals surface area contributed by atoms with Crippen LogP contribution >= 0.6 is 11.6 Å². The minimum atomic E-state index is -0.171. The molecule has 0 bridgehead atoms. The van der Waals surface area contributed by atoms with Crippen LogP contribution in [0.3, 0.4) is 0 Å². The number of nitrogens with zero attached hydrogens (tertiary/aromatic N) is 2. The number of aromatic amines is 1. The number of nitrogens with two attached hydrogens (primary N) is 1. The minimum absolute atomic E-state index is 0.00295. The number of aryl methyl sites for hydroxylation is 1. The zero-order valence-electron chi connectivity index (χ0n) is 20.9. The van der Waals surface area contributed by atoms with Crippen LogP contribution < -0.4 is 11.3 Å². The van der Waals surface area contributed by atoms with E-state index < -0.39 is 0 Å². The molecule has 1 aliphatic rings. The Morgan fingerprint density at radius 3 is 2.62 bits per heavy atom. The summed E-state index contributed by atoms with van der Waals surface area (Å²) in [5.74, 6) is 0.189. The van der Waals surface area contributed by atoms with E-state index in [1.807, 2.05) is 60.4 Å². The molecule has 1 amide bonds. The first-order valence-electron chi connectivity index (χ1n) is 12.7. The summed E-state index contributed by atoms with van der Waals surface area (Å²) in [7, 11) is 0. The minimum Gasteiger partial charge on any atom is -0.338 e. The zero-order valence-corrected chi connectivity index (χ0v) is 21.7. The summed E-state index contributed by atoms with van der Waals surface area (Å²) in [5, 5.41) is 0.591. The van der Waals surface area contributed by atoms with Crippen LogP contribution in [0.15, 0.2) is 71.5 Å². The predicted molar refractivity (Wildman–Crippen MR) is 148 cm³/mol. The molecule has 1 fully saturated rings. The van der Waals surface area contributed by atoms with Gasteiger partial charge >= 0.3 is 0 Å². The molecule has 0 radical (unpaired) electrons. The number of aromatic nitrogens is 2. The smallest absolute Gasteiger partial charge is 0.270 e. The molecule has 6 nitrogen and oxygen atoms in total. The van der Waals surface area contributed by atoms with Crippen LogP contribution in [0.25, 0.3) is 11.0 Å². The van der Waals surface area contributed by atoms with Crippen molar-refractivity contribution >= 4 is 28.5 Å². The van der Waals surface area contributed by atoms with Crippen molar-refractivity contribution < 1.29 is 4.79 Å². The fourth-order valence-electron chi connectivity index (χ4n) is 4.95. The lowest BCUT2D eigenvalue weighted by Crippen LogP contribution is -2.35. The van der Waals surface area contributed by atoms with Gasteiger partial charge in [0.15, 0.2) is 0 Å². The first-order valence-corrected chi connectivity index (χ1v) is 13.1. The van der Waals surface area contributed by atoms with E-state index in [-0.39, 0.29) is 23.3 Å². The number of nitrogens with one attached hydrogen (secondary N) is 1. The van der Waals surface area contributed by atoms with Gasteiger partial charge in [-0.15, -0.1) is 0 Å². The Balaban J connectivity index is 1.37. The molecular formula is C30H31ClN4O2. The van der Waals surface area contributed by atoms with Crippen LogP contribution in [-0.2, 0) is 6.42 Å². The number of carbonyl (C=O) groups is 1. The summed E-state index contributed by atoms with van der Waals surface area (Å²) < 4.78 is 0. The van der Waals surface area contributed by atoms with Gasteiger partial charge in [0.05, 0.1) is 11.0 Å². The molecule has 3 aromatic carbocycles. The fourth-order valence-corrected chi connectivity index (χ4v) is 5.18. The largest absolute Gasteiger partial charge is 0.338 e. The maximum absolute atomic E-state index is 13.2. The molecule has 5 rings (SSSR count). The maximum atomic E-state index is 13.2. The number of hydrogen-bond acceptors (Lipinski definition) is 4. The summed E-state index contributed by atoms with van der Waals surface area (Å²) in [4.78, 5) is 36.1. The van der Waals surface area contributed by atoms with Gasteiger partial charge < -0.3 is 15.6 Å². The number of fused-ring (bicyclic) bond motifs is 1. The van der Waals surface area contributed by atoms with E-state index in [1.165, 1.54) is 0 Å². The van der Waals surface area contributed by atoms with Crippen molar-refractivity contribution in [2.75, 3.05) is 19.6 Å². The molecule has 0 saturated heterocycles. The lowest BCUT2D eigenvalue weighted by atomic mass is 10.0. The van der Waals surface area contributed by atoms with Gasteiger partial charge in [-0.2, -0.15) is 0 Å². The lowest BCUT2D eigenvalue weighted by Gasteiger charge is -2.23. The molecule has 1 heterocycles. The Labute approximate surface area is 221 Å². The second-order valence-electron chi connectivity index (χ2n) is 9.93. The van der Waals surface area contributed by atoms with E-state index >= 15 is 0 Å². The van der Waals surface area contributed by atoms with E-state index in [4.69, 9.17) is 22.3 Å². The molecule has 1 aliphatic carbocycles. The summed E-state index contributed by atoms with van der Waals surface area (Å²) >= 11 is 6.44. The van der Waals surface area contributed by atoms with Crippen LogP contribution in [0.1, 0.15) is 51.5 Å². The summed E-state index contributed by atoms with van der Waals surface area (Å²) in [6.45, 7) is 3.68. The summed E-state index contributed by atoms with van der Waals surface area (Å²) in [5.41, 5.74) is 11.4. The highest BCUT2D eigenvalue weighted by Crippen LogP contribution is 2.46. The Hall–Kier alpha value is -3.48. The molecule has 0 aliphatic heterocycles. The average molecular weight is 515 g/mol. The van der Waals surface area contributed by atoms with Crippen LogP contribution in [0.2, 0.25) is 5.02 Å². The van der Waals surface area contributed by atoms with Gasteiger partial charge in [-0.3, -0.25) is 9.59 Å². The van der Waals surface area contributed by atoms with Crippen molar-refractivity contribution in [1.29, 1.82) is 0 Å². The van der Waals surface area contributed by atoms with Crippen molar-refractivity contribution in [2.45, 2.75) is 32.1 Å². The Bertz CT molecular complexity index is 1470. The van der Waals surface area contributed by atoms with Crippen molar-refractivity contribution in [3.63, 3.8) is 0 Å². The van der Waals surface area contributed by atoms with Gasteiger partial charge in [0.2, 0.25) is 0 Å². The number of amides is 1. The molecule has 2 unspecified atom stereocenters. The van der Waals surface area contributed by atoms with Crippen LogP contribution in [0.4, 0.5) is 0 Å². The number of halogens is 1. The van der Waals surface area contributed by atoms with Crippen molar-refractivity contribution in [1.82, 2.24) is 14.9 Å². The molecule has 37 heavy (non-hydrogen) atoms. The van der Waals surface area contributed by atoms with E-state index in [0.717, 1.165) is 35.0 Å². The van der Waals surface area contributed by atoms with Gasteiger partial charge in [0, 0.05) is 29.6 Å². The zero-order chi connectivity index (χ0) is 25.9. The summed E-state index contributed by atoms with van der Waals surface area (Å²) in [6.07, 6.45) is 2.20. The second kappa shape index (κ2) is 10.9. The molecule has 1 aromatic heterocycles. The van der Waals surface area contributed by atoms with E-state index in [2.05, 4.69) is 17.1 Å². The summed E-state index contributed by atoms with van der Waals surface area (Å²) in [6, 6.07) is 21.4. The standard InChI is InChI=1S/C30H31ClN4O2/c1-19-8-10-21(11-9-19)30(37)35(13-5-12-32)18-23-16-25(23)28-29(36)34-27-22(14-20-6-3-2-4-7-20)15-24(31)17-26(27)33-28/h2-4,6-11,15,17,23,25H,5,12-14,16,18,32H2,1H3,(H,34,36). The van der Waals surface area contributed by atoms with Gasteiger partial charge in [-0.1, -0.05) is 59.6 Å². The number of hydrogen-bond donors (Lipinski definition) is 2. The van der Waals surface area contributed by atoms with Crippen LogP contribution in [-0.4, -0.2) is 40.4 Å². The Kier molecular flexibility index (Phi) is 7.40. The Morgan fingerprint density at radius 2 is 1.89 bits per heavy atom. The number of H-pyrrole nitrogens is 1. The van der Waals surface area contributed by atoms with E-state index in [0.29, 0.717) is 47.9 Å².